The molecule has 2 saturated heterocycles. The van der Waals surface area contributed by atoms with Crippen molar-refractivity contribution in [2.45, 2.75) is 75.5 Å². The number of likely N-dealkylation sites (tertiary alicyclic amines) is 1. The molecule has 7 atom stereocenters. The molecule has 4 aliphatic heterocycles. The van der Waals surface area contributed by atoms with Crippen LogP contribution in [0.15, 0.2) is 85.0 Å². The Labute approximate surface area is 275 Å². The van der Waals surface area contributed by atoms with Gasteiger partial charge in [0.25, 0.3) is 0 Å². The summed E-state index contributed by atoms with van der Waals surface area (Å²) < 4.78 is 13.0. The zero-order valence-corrected chi connectivity index (χ0v) is 26.7. The van der Waals surface area contributed by atoms with Crippen LogP contribution in [0.2, 0.25) is 0 Å². The summed E-state index contributed by atoms with van der Waals surface area (Å²) >= 11 is 0. The number of nitrogens with zero attached hydrogens (tertiary/aromatic N) is 2. The maximum atomic E-state index is 14.6. The number of allylic oxidation sites excluding steroid dienone is 1. The van der Waals surface area contributed by atoms with Gasteiger partial charge >= 0.3 is 5.97 Å². The minimum atomic E-state index is -1.39. The number of rotatable bonds is 8. The van der Waals surface area contributed by atoms with Crippen molar-refractivity contribution in [3.63, 3.8) is 0 Å². The third-order valence-corrected chi connectivity index (χ3v) is 9.70. The van der Waals surface area contributed by atoms with Gasteiger partial charge in [-0.15, -0.1) is 0 Å². The van der Waals surface area contributed by atoms with Crippen LogP contribution in [0, 0.1) is 11.8 Å². The van der Waals surface area contributed by atoms with E-state index in [0.29, 0.717) is 50.9 Å². The van der Waals surface area contributed by atoms with Gasteiger partial charge in [0.1, 0.15) is 23.7 Å². The van der Waals surface area contributed by atoms with Crippen LogP contribution in [-0.4, -0.2) is 82.1 Å². The van der Waals surface area contributed by atoms with Gasteiger partial charge in [-0.3, -0.25) is 19.2 Å². The molecule has 0 radical (unpaired) electrons. The summed E-state index contributed by atoms with van der Waals surface area (Å²) in [6, 6.07) is 17.4. The molecule has 0 unspecified atom stereocenters. The molecule has 0 saturated carbocycles. The van der Waals surface area contributed by atoms with Crippen LogP contribution in [0.5, 0.6) is 0 Å². The minimum Gasteiger partial charge on any atom is -0.455 e. The van der Waals surface area contributed by atoms with Crippen molar-refractivity contribution in [3.8, 4) is 0 Å². The number of carbonyl (C=O) groups excluding carboxylic acids is 4. The predicted molar refractivity (Wildman–Crippen MR) is 173 cm³/mol. The summed E-state index contributed by atoms with van der Waals surface area (Å²) in [4.78, 5) is 59.6. The lowest BCUT2D eigenvalue weighted by Gasteiger charge is -2.35. The maximum absolute atomic E-state index is 14.6. The van der Waals surface area contributed by atoms with E-state index in [2.05, 4.69) is 5.32 Å². The molecule has 248 valence electrons. The summed E-state index contributed by atoms with van der Waals surface area (Å²) in [5.41, 5.74) is 0.288. The van der Waals surface area contributed by atoms with Gasteiger partial charge in [-0.05, 0) is 43.7 Å². The third kappa shape index (κ3) is 6.49. The van der Waals surface area contributed by atoms with Crippen molar-refractivity contribution >= 4 is 23.7 Å². The average Bonchev–Trinajstić information content (AvgIpc) is 3.46. The number of esters is 1. The zero-order valence-electron chi connectivity index (χ0n) is 26.7. The highest BCUT2D eigenvalue weighted by molar-refractivity contribution is 5.99. The smallest absolute Gasteiger partial charge is 0.313 e. The van der Waals surface area contributed by atoms with Crippen molar-refractivity contribution in [3.05, 3.63) is 96.1 Å². The van der Waals surface area contributed by atoms with E-state index in [9.17, 15) is 24.3 Å². The molecule has 4 aliphatic rings. The van der Waals surface area contributed by atoms with Crippen LogP contribution in [0.25, 0.3) is 0 Å². The predicted octanol–water partition coefficient (Wildman–Crippen LogP) is 3.47. The summed E-state index contributed by atoms with van der Waals surface area (Å²) in [5, 5.41) is 12.3. The van der Waals surface area contributed by atoms with E-state index in [0.717, 1.165) is 5.56 Å². The molecule has 0 aliphatic carbocycles. The number of aliphatic hydroxyl groups excluding tert-OH is 1. The number of hydrogen-bond acceptors (Lipinski definition) is 7. The largest absolute Gasteiger partial charge is 0.455 e. The van der Waals surface area contributed by atoms with E-state index in [1.54, 1.807) is 28.9 Å². The average molecular weight is 642 g/mol. The molecule has 0 aromatic heterocycles. The second-order valence-electron chi connectivity index (χ2n) is 12.9. The first-order valence-electron chi connectivity index (χ1n) is 16.6. The number of amides is 3. The Morgan fingerprint density at radius 2 is 1.68 bits per heavy atom. The van der Waals surface area contributed by atoms with Gasteiger partial charge in [0.15, 0.2) is 0 Å². The molecule has 10 heteroatoms. The minimum absolute atomic E-state index is 0.0446. The van der Waals surface area contributed by atoms with Gasteiger partial charge < -0.3 is 29.7 Å². The highest BCUT2D eigenvalue weighted by Crippen LogP contribution is 2.53. The van der Waals surface area contributed by atoms with E-state index in [1.165, 1.54) is 0 Å². The number of nitrogens with one attached hydrogen (secondary N) is 1. The molecule has 47 heavy (non-hydrogen) atoms. The molecule has 3 amide bonds. The van der Waals surface area contributed by atoms with Crippen molar-refractivity contribution < 1.29 is 33.8 Å². The molecule has 2 aromatic carbocycles. The van der Waals surface area contributed by atoms with E-state index in [-0.39, 0.29) is 30.7 Å². The normalized spacial score (nSPS) is 31.5. The molecule has 2 N–H and O–H groups in total. The first kappa shape index (κ1) is 32.7. The maximum Gasteiger partial charge on any atom is 0.313 e. The van der Waals surface area contributed by atoms with Crippen LogP contribution in [0.1, 0.15) is 56.3 Å². The standard InChI is InChI=1S/C37H43N3O7/c1-25-32(27-16-7-3-8-17-27)46-36(45)30-28(18-9-10-19-29(42)38-25)47-37-20-13-21-39(24-26-14-5-2-6-15-26)35(44)33(37)40(34(43)31(30)37)22-11-4-12-23-41/h2-3,5-9,13-18,20,25,28,30-33,41H,4,10-12,19,21-24H2,1H3,(H,38,42)/b18-9-/t25-,28-,30+,31+,32+,33-,37+/m0/s1. The molecule has 10 nitrogen and oxygen atoms in total. The summed E-state index contributed by atoms with van der Waals surface area (Å²) in [6.07, 6.45) is 8.11. The zero-order chi connectivity index (χ0) is 33.0. The second-order valence-corrected chi connectivity index (χ2v) is 12.9. The van der Waals surface area contributed by atoms with E-state index in [1.807, 2.05) is 72.8 Å². The molecule has 1 spiro atoms. The Hall–Kier alpha value is -4.28. The quantitative estimate of drug-likeness (QED) is 0.257. The van der Waals surface area contributed by atoms with E-state index < -0.39 is 47.7 Å². The number of cyclic esters (lactones) is 1. The van der Waals surface area contributed by atoms with Crippen LogP contribution < -0.4 is 5.32 Å². The number of hydrogen-bond donors (Lipinski definition) is 2. The highest BCUT2D eigenvalue weighted by atomic mass is 16.6. The number of unbranched alkanes of at least 4 members (excludes halogenated alkanes) is 2. The Bertz CT molecular complexity index is 1510. The number of fused-ring (bicyclic) bond motifs is 2. The van der Waals surface area contributed by atoms with Crippen molar-refractivity contribution in [2.24, 2.45) is 11.8 Å². The lowest BCUT2D eigenvalue weighted by Crippen LogP contribution is -2.55. The summed E-state index contributed by atoms with van der Waals surface area (Å²) in [7, 11) is 0. The lowest BCUT2D eigenvalue weighted by molar-refractivity contribution is -0.161. The molecule has 2 fully saturated rings. The first-order valence-corrected chi connectivity index (χ1v) is 16.6. The van der Waals surface area contributed by atoms with Crippen LogP contribution in [0.3, 0.4) is 0 Å². The van der Waals surface area contributed by atoms with Gasteiger partial charge in [-0.2, -0.15) is 0 Å². The van der Waals surface area contributed by atoms with Crippen molar-refractivity contribution in [1.29, 1.82) is 0 Å². The monoisotopic (exact) mass is 641 g/mol. The van der Waals surface area contributed by atoms with Gasteiger partial charge in [0.05, 0.1) is 18.1 Å². The van der Waals surface area contributed by atoms with Crippen LogP contribution >= 0.6 is 0 Å². The SMILES string of the molecule is C[C@@H]1NC(=O)CC/C=C\[C@@H]2O[C@@]34C=CCN(Cc5ccccc5)C(=O)[C@@H]3N(CCCCCO)C(=O)[C@H]4[C@@H]2C(=O)O[C@H]1c1ccccc1. The summed E-state index contributed by atoms with van der Waals surface area (Å²) in [5.74, 6) is -3.35. The molecule has 2 aromatic rings. The number of ether oxygens (including phenoxy) is 2. The Balaban J connectivity index is 1.39. The molecular formula is C37H43N3O7. The third-order valence-electron chi connectivity index (χ3n) is 9.70. The molecule has 6 rings (SSSR count). The van der Waals surface area contributed by atoms with Gasteiger partial charge in [0, 0.05) is 32.7 Å². The van der Waals surface area contributed by atoms with Crippen LogP contribution in [-0.2, 0) is 35.2 Å². The molecule has 0 bridgehead atoms. The number of carbonyl (C=O) groups is 4. The highest BCUT2D eigenvalue weighted by Gasteiger charge is 2.71. The van der Waals surface area contributed by atoms with Gasteiger partial charge in [0.2, 0.25) is 17.7 Å². The molecular weight excluding hydrogens is 598 g/mol. The topological polar surface area (TPSA) is 125 Å². The van der Waals surface area contributed by atoms with Gasteiger partial charge in [-0.25, -0.2) is 0 Å². The Morgan fingerprint density at radius 1 is 0.936 bits per heavy atom. The fraction of sp³-hybridized carbons (Fsp3) is 0.459. The summed E-state index contributed by atoms with van der Waals surface area (Å²) in [6.45, 7) is 2.82. The second kappa shape index (κ2) is 14.2. The Kier molecular flexibility index (Phi) is 9.89. The van der Waals surface area contributed by atoms with E-state index >= 15 is 0 Å². The first-order chi connectivity index (χ1) is 22.8. The number of aliphatic hydroxyl groups is 1. The van der Waals surface area contributed by atoms with Crippen molar-refractivity contribution in [2.75, 3.05) is 19.7 Å². The van der Waals surface area contributed by atoms with Gasteiger partial charge in [-0.1, -0.05) is 85.0 Å². The Morgan fingerprint density at radius 3 is 2.43 bits per heavy atom. The van der Waals surface area contributed by atoms with E-state index in [4.69, 9.17) is 9.47 Å². The van der Waals surface area contributed by atoms with Crippen molar-refractivity contribution in [1.82, 2.24) is 15.1 Å². The lowest BCUT2D eigenvalue weighted by atomic mass is 9.77. The molecule has 4 heterocycles. The fourth-order valence-corrected chi connectivity index (χ4v) is 7.51. The number of benzene rings is 2. The fourth-order valence-electron chi connectivity index (χ4n) is 7.51. The van der Waals surface area contributed by atoms with Crippen LogP contribution in [0.4, 0.5) is 0 Å².